The molecule has 0 aliphatic carbocycles. The molecule has 20 heavy (non-hydrogen) atoms. The van der Waals surface area contributed by atoms with Crippen LogP contribution in [0.1, 0.15) is 12.0 Å². The molecule has 0 radical (unpaired) electrons. The van der Waals surface area contributed by atoms with Crippen molar-refractivity contribution >= 4 is 28.8 Å². The number of nitrogens with zero attached hydrogens (tertiary/aromatic N) is 2. The van der Waals surface area contributed by atoms with E-state index in [1.54, 1.807) is 14.1 Å². The van der Waals surface area contributed by atoms with E-state index in [1.807, 2.05) is 0 Å². The second-order valence-electron chi connectivity index (χ2n) is 4.31. The maximum Gasteiger partial charge on any atom is 0.283 e. The lowest BCUT2D eigenvalue weighted by molar-refractivity contribution is 0.584. The smallest absolute Gasteiger partial charge is 0.283 e. The van der Waals surface area contributed by atoms with Crippen molar-refractivity contribution in [2.24, 2.45) is 10.1 Å². The molecule has 0 amide bonds. The van der Waals surface area contributed by atoms with Crippen LogP contribution < -0.4 is 5.73 Å². The molecule has 0 bridgehead atoms. The molecule has 0 saturated carbocycles. The fourth-order valence-corrected chi connectivity index (χ4v) is 2.33. The molecule has 1 aromatic rings. The van der Waals surface area contributed by atoms with E-state index in [2.05, 4.69) is 4.40 Å². The van der Waals surface area contributed by atoms with E-state index < -0.39 is 15.8 Å². The zero-order chi connectivity index (χ0) is 14.5. The Bertz CT molecular complexity index is 562. The number of sulfonamides is 1. The summed E-state index contributed by atoms with van der Waals surface area (Å²) in [7, 11) is -0.555. The monoisotopic (exact) mass is 323 g/mol. The van der Waals surface area contributed by atoms with Crippen molar-refractivity contribution in [1.29, 1.82) is 0 Å². The number of nitrogens with two attached hydrogens (primary N) is 1. The molecule has 2 N–H and O–H groups in total. The van der Waals surface area contributed by atoms with Crippen molar-refractivity contribution < 1.29 is 12.8 Å². The minimum Gasteiger partial charge on any atom is -0.368 e. The van der Waals surface area contributed by atoms with Gasteiger partial charge >= 0.3 is 0 Å². The lowest BCUT2D eigenvalue weighted by Gasteiger charge is -2.06. The number of benzene rings is 1. The summed E-state index contributed by atoms with van der Waals surface area (Å²) < 4.78 is 40.8. The van der Waals surface area contributed by atoms with Gasteiger partial charge in [-0.25, -0.2) is 4.39 Å². The first-order chi connectivity index (χ1) is 8.86. The van der Waals surface area contributed by atoms with Crippen LogP contribution >= 0.6 is 12.4 Å². The lowest BCUT2D eigenvalue weighted by atomic mass is 10.1. The van der Waals surface area contributed by atoms with Crippen LogP contribution in [-0.2, 0) is 16.4 Å². The Balaban J connectivity index is 0.00000361. The molecule has 0 aliphatic rings. The van der Waals surface area contributed by atoms with Crippen LogP contribution in [-0.4, -0.2) is 40.3 Å². The van der Waals surface area contributed by atoms with Gasteiger partial charge in [-0.3, -0.25) is 0 Å². The van der Waals surface area contributed by atoms with Gasteiger partial charge in [-0.1, -0.05) is 6.07 Å². The van der Waals surface area contributed by atoms with E-state index in [0.29, 0.717) is 24.9 Å². The third kappa shape index (κ3) is 5.44. The van der Waals surface area contributed by atoms with Crippen LogP contribution in [0.15, 0.2) is 27.5 Å². The summed E-state index contributed by atoms with van der Waals surface area (Å²) in [6.07, 6.45) is 2.31. The van der Waals surface area contributed by atoms with E-state index in [1.165, 1.54) is 17.0 Å². The highest BCUT2D eigenvalue weighted by Crippen LogP contribution is 2.17. The minimum atomic E-state index is -3.85. The van der Waals surface area contributed by atoms with Crippen molar-refractivity contribution in [3.05, 3.63) is 29.6 Å². The van der Waals surface area contributed by atoms with Crippen LogP contribution in [0.2, 0.25) is 0 Å². The second-order valence-corrected chi connectivity index (χ2v) is 5.94. The van der Waals surface area contributed by atoms with E-state index in [9.17, 15) is 12.8 Å². The normalized spacial score (nSPS) is 11.4. The maximum atomic E-state index is 13.7. The minimum absolute atomic E-state index is 0. The van der Waals surface area contributed by atoms with Gasteiger partial charge in [-0.2, -0.15) is 8.42 Å². The summed E-state index contributed by atoms with van der Waals surface area (Å²) in [5.74, 6) is -0.547. The predicted octanol–water partition coefficient (Wildman–Crippen LogP) is 1.42. The number of rotatable bonds is 6. The topological polar surface area (TPSA) is 75.8 Å². The van der Waals surface area contributed by atoms with Crippen molar-refractivity contribution in [2.45, 2.75) is 17.7 Å². The van der Waals surface area contributed by atoms with Crippen LogP contribution in [0.5, 0.6) is 0 Å². The number of hydrogen-bond acceptors (Lipinski definition) is 3. The first-order valence-corrected chi connectivity index (χ1v) is 7.26. The Kier molecular flexibility index (Phi) is 7.70. The molecule has 0 spiro atoms. The van der Waals surface area contributed by atoms with Crippen molar-refractivity contribution in [2.75, 3.05) is 20.6 Å². The van der Waals surface area contributed by atoms with Crippen molar-refractivity contribution in [1.82, 2.24) is 4.90 Å². The Morgan fingerprint density at radius 3 is 2.55 bits per heavy atom. The third-order valence-corrected chi connectivity index (χ3v) is 3.61. The third-order valence-electron chi connectivity index (χ3n) is 2.39. The van der Waals surface area contributed by atoms with Gasteiger partial charge in [0.05, 0.1) is 4.90 Å². The second kappa shape index (κ2) is 8.18. The zero-order valence-electron chi connectivity index (χ0n) is 11.4. The molecule has 8 heteroatoms. The standard InChI is InChI=1S/C12H18FN3O2S.ClH/c1-16(2)9-15-19(17,18)11-6-5-10(4-3-7-14)12(13)8-11;/h5-6,8-9H,3-4,7,14H2,1-2H3;1H. The van der Waals surface area contributed by atoms with Gasteiger partial charge in [0.2, 0.25) is 0 Å². The molecular formula is C12H19ClFN3O2S. The van der Waals surface area contributed by atoms with Crippen LogP contribution in [0.4, 0.5) is 4.39 Å². The molecule has 0 unspecified atom stereocenters. The van der Waals surface area contributed by atoms with Gasteiger partial charge in [0.15, 0.2) is 0 Å². The quantitative estimate of drug-likeness (QED) is 0.634. The summed E-state index contributed by atoms with van der Waals surface area (Å²) in [6.45, 7) is 0.465. The van der Waals surface area contributed by atoms with E-state index >= 15 is 0 Å². The average Bonchev–Trinajstić information content (AvgIpc) is 2.35. The fourth-order valence-electron chi connectivity index (χ4n) is 1.40. The largest absolute Gasteiger partial charge is 0.368 e. The van der Waals surface area contributed by atoms with E-state index in [0.717, 1.165) is 12.4 Å². The summed E-state index contributed by atoms with van der Waals surface area (Å²) in [4.78, 5) is 1.34. The highest BCUT2D eigenvalue weighted by Gasteiger charge is 2.14. The number of aryl methyl sites for hydroxylation is 1. The molecule has 114 valence electrons. The van der Waals surface area contributed by atoms with Gasteiger partial charge in [0.25, 0.3) is 10.0 Å². The molecule has 0 aliphatic heterocycles. The highest BCUT2D eigenvalue weighted by molar-refractivity contribution is 7.90. The SMILES string of the molecule is CN(C)C=NS(=O)(=O)c1ccc(CCCN)c(F)c1.Cl. The first kappa shape index (κ1) is 18.8. The van der Waals surface area contributed by atoms with Gasteiger partial charge in [-0.05, 0) is 37.1 Å². The highest BCUT2D eigenvalue weighted by atomic mass is 35.5. The molecule has 0 aromatic heterocycles. The van der Waals surface area contributed by atoms with Gasteiger partial charge in [0, 0.05) is 14.1 Å². The molecule has 0 saturated heterocycles. The predicted molar refractivity (Wildman–Crippen MR) is 80.4 cm³/mol. The van der Waals surface area contributed by atoms with Gasteiger partial charge < -0.3 is 10.6 Å². The average molecular weight is 324 g/mol. The molecule has 1 rings (SSSR count). The Morgan fingerprint density at radius 1 is 1.40 bits per heavy atom. The Labute approximate surface area is 125 Å². The summed E-state index contributed by atoms with van der Waals surface area (Å²) in [5, 5.41) is 0. The summed E-state index contributed by atoms with van der Waals surface area (Å²) in [6, 6.07) is 3.81. The van der Waals surface area contributed by atoms with E-state index in [4.69, 9.17) is 5.73 Å². The zero-order valence-corrected chi connectivity index (χ0v) is 13.0. The summed E-state index contributed by atoms with van der Waals surface area (Å²) in [5.41, 5.74) is 5.81. The molecule has 0 fully saturated rings. The van der Waals surface area contributed by atoms with Gasteiger partial charge in [-0.15, -0.1) is 16.8 Å². The lowest BCUT2D eigenvalue weighted by Crippen LogP contribution is -2.10. The Morgan fingerprint density at radius 2 is 2.05 bits per heavy atom. The van der Waals surface area contributed by atoms with Crippen LogP contribution in [0.25, 0.3) is 0 Å². The molecular weight excluding hydrogens is 305 g/mol. The van der Waals surface area contributed by atoms with Crippen molar-refractivity contribution in [3.8, 4) is 0 Å². The number of hydrogen-bond donors (Lipinski definition) is 1. The Hall–Kier alpha value is -1.18. The summed E-state index contributed by atoms with van der Waals surface area (Å²) >= 11 is 0. The molecule has 0 atom stereocenters. The first-order valence-electron chi connectivity index (χ1n) is 5.82. The van der Waals surface area contributed by atoms with Gasteiger partial charge in [0.1, 0.15) is 12.2 Å². The van der Waals surface area contributed by atoms with Crippen LogP contribution in [0.3, 0.4) is 0 Å². The molecule has 1 aromatic carbocycles. The van der Waals surface area contributed by atoms with Crippen LogP contribution in [0, 0.1) is 5.82 Å². The fraction of sp³-hybridized carbons (Fsp3) is 0.417. The molecule has 0 heterocycles. The van der Waals surface area contributed by atoms with Crippen molar-refractivity contribution in [3.63, 3.8) is 0 Å². The molecule has 5 nitrogen and oxygen atoms in total. The maximum absolute atomic E-state index is 13.7. The number of halogens is 2. The van der Waals surface area contributed by atoms with E-state index in [-0.39, 0.29) is 17.3 Å².